The number of Topliss-reactive ketones (excluding diaryl/α,β-unsaturated/α-hetero) is 1. The molecular weight excluding hydrogens is 275 g/mol. The molecule has 78 valence electrons. The topological polar surface area (TPSA) is 17.1 Å². The maximum Gasteiger partial charge on any atom is 0.188 e. The Kier molecular flexibility index (Phi) is 3.27. The molecule has 0 aliphatic heterocycles. The SMILES string of the molecule is O=C(C1=CCCC1)c1cc(Cl)cc(Br)c1. The second kappa shape index (κ2) is 4.50. The van der Waals surface area contributed by atoms with Crippen LogP contribution in [-0.4, -0.2) is 5.78 Å². The molecule has 1 nitrogen and oxygen atoms in total. The van der Waals surface area contributed by atoms with Crippen molar-refractivity contribution in [2.24, 2.45) is 0 Å². The second-order valence-corrected chi connectivity index (χ2v) is 4.96. The first-order valence-corrected chi connectivity index (χ1v) is 6.04. The van der Waals surface area contributed by atoms with Crippen LogP contribution in [0.2, 0.25) is 5.02 Å². The normalized spacial score (nSPS) is 15.2. The maximum absolute atomic E-state index is 12.0. The summed E-state index contributed by atoms with van der Waals surface area (Å²) in [5.41, 5.74) is 1.59. The molecule has 0 amide bonds. The van der Waals surface area contributed by atoms with Gasteiger partial charge in [-0.15, -0.1) is 0 Å². The average Bonchev–Trinajstić information content (AvgIpc) is 2.67. The summed E-state index contributed by atoms with van der Waals surface area (Å²) in [5.74, 6) is 0.107. The van der Waals surface area contributed by atoms with Crippen molar-refractivity contribution >= 4 is 33.3 Å². The number of rotatable bonds is 2. The highest BCUT2D eigenvalue weighted by Crippen LogP contribution is 2.25. The zero-order valence-corrected chi connectivity index (χ0v) is 10.4. The Morgan fingerprint density at radius 3 is 2.73 bits per heavy atom. The molecule has 0 atom stereocenters. The predicted molar refractivity (Wildman–Crippen MR) is 65.4 cm³/mol. The number of carbonyl (C=O) groups is 1. The molecule has 0 bridgehead atoms. The van der Waals surface area contributed by atoms with Gasteiger partial charge in [0.05, 0.1) is 0 Å². The van der Waals surface area contributed by atoms with E-state index in [2.05, 4.69) is 15.9 Å². The number of allylic oxidation sites excluding steroid dienone is 2. The summed E-state index contributed by atoms with van der Waals surface area (Å²) in [5, 5.41) is 0.589. The number of benzene rings is 1. The standard InChI is InChI=1S/C12H10BrClO/c13-10-5-9(6-11(14)7-10)12(15)8-3-1-2-4-8/h3,5-7H,1-2,4H2. The van der Waals surface area contributed by atoms with Gasteiger partial charge in [-0.05, 0) is 43.0 Å². The van der Waals surface area contributed by atoms with Crippen LogP contribution in [0.3, 0.4) is 0 Å². The monoisotopic (exact) mass is 284 g/mol. The van der Waals surface area contributed by atoms with Crippen molar-refractivity contribution in [3.63, 3.8) is 0 Å². The first kappa shape index (κ1) is 10.9. The lowest BCUT2D eigenvalue weighted by Crippen LogP contribution is -2.01. The lowest BCUT2D eigenvalue weighted by molar-refractivity contribution is 0.103. The van der Waals surface area contributed by atoms with E-state index < -0.39 is 0 Å². The van der Waals surface area contributed by atoms with Crippen LogP contribution in [0, 0.1) is 0 Å². The van der Waals surface area contributed by atoms with Crippen molar-refractivity contribution < 1.29 is 4.79 Å². The van der Waals surface area contributed by atoms with Gasteiger partial charge in [0.1, 0.15) is 0 Å². The summed E-state index contributed by atoms with van der Waals surface area (Å²) in [7, 11) is 0. The fraction of sp³-hybridized carbons (Fsp3) is 0.250. The van der Waals surface area contributed by atoms with Gasteiger partial charge in [0, 0.05) is 15.1 Å². The Hall–Kier alpha value is -0.600. The third-order valence-electron chi connectivity index (χ3n) is 2.46. The third kappa shape index (κ3) is 2.50. The van der Waals surface area contributed by atoms with E-state index in [4.69, 9.17) is 11.6 Å². The number of carbonyl (C=O) groups excluding carboxylic acids is 1. The zero-order valence-electron chi connectivity index (χ0n) is 8.09. The van der Waals surface area contributed by atoms with Gasteiger partial charge in [-0.2, -0.15) is 0 Å². The van der Waals surface area contributed by atoms with Gasteiger partial charge in [0.15, 0.2) is 5.78 Å². The van der Waals surface area contributed by atoms with E-state index in [0.29, 0.717) is 10.6 Å². The Bertz CT molecular complexity index is 417. The second-order valence-electron chi connectivity index (χ2n) is 3.61. The fourth-order valence-electron chi connectivity index (χ4n) is 1.75. The van der Waals surface area contributed by atoms with Crippen molar-refractivity contribution in [2.75, 3.05) is 0 Å². The quantitative estimate of drug-likeness (QED) is 0.736. The van der Waals surface area contributed by atoms with Crippen LogP contribution in [0.1, 0.15) is 29.6 Å². The van der Waals surface area contributed by atoms with Crippen LogP contribution >= 0.6 is 27.5 Å². The smallest absolute Gasteiger partial charge is 0.188 e. The van der Waals surface area contributed by atoms with Gasteiger partial charge >= 0.3 is 0 Å². The highest BCUT2D eigenvalue weighted by Gasteiger charge is 2.15. The molecule has 0 radical (unpaired) electrons. The first-order valence-electron chi connectivity index (χ1n) is 4.86. The Balaban J connectivity index is 2.32. The van der Waals surface area contributed by atoms with Crippen LogP contribution in [0.4, 0.5) is 0 Å². The average molecular weight is 286 g/mol. The largest absolute Gasteiger partial charge is 0.289 e. The van der Waals surface area contributed by atoms with E-state index in [1.165, 1.54) is 0 Å². The van der Waals surface area contributed by atoms with Crippen LogP contribution < -0.4 is 0 Å². The summed E-state index contributed by atoms with van der Waals surface area (Å²) < 4.78 is 0.844. The van der Waals surface area contributed by atoms with Crippen molar-refractivity contribution in [1.82, 2.24) is 0 Å². The van der Waals surface area contributed by atoms with Gasteiger partial charge in [0.2, 0.25) is 0 Å². The van der Waals surface area contributed by atoms with Crippen LogP contribution in [0.15, 0.2) is 34.3 Å². The number of hydrogen-bond donors (Lipinski definition) is 0. The molecule has 1 aromatic carbocycles. The highest BCUT2D eigenvalue weighted by atomic mass is 79.9. The molecule has 0 heterocycles. The van der Waals surface area contributed by atoms with E-state index >= 15 is 0 Å². The van der Waals surface area contributed by atoms with Crippen molar-refractivity contribution in [2.45, 2.75) is 19.3 Å². The van der Waals surface area contributed by atoms with Gasteiger partial charge in [-0.25, -0.2) is 0 Å². The Morgan fingerprint density at radius 2 is 2.13 bits per heavy atom. The molecule has 0 saturated heterocycles. The molecule has 0 saturated carbocycles. The van der Waals surface area contributed by atoms with Gasteiger partial charge in [-0.1, -0.05) is 33.6 Å². The zero-order chi connectivity index (χ0) is 10.8. The Labute approximate surface area is 102 Å². The number of halogens is 2. The van der Waals surface area contributed by atoms with E-state index in [0.717, 1.165) is 29.3 Å². The molecular formula is C12H10BrClO. The van der Waals surface area contributed by atoms with Crippen molar-refractivity contribution in [1.29, 1.82) is 0 Å². The van der Waals surface area contributed by atoms with E-state index in [-0.39, 0.29) is 5.78 Å². The van der Waals surface area contributed by atoms with Crippen LogP contribution in [0.5, 0.6) is 0 Å². The Morgan fingerprint density at radius 1 is 1.33 bits per heavy atom. The van der Waals surface area contributed by atoms with Crippen molar-refractivity contribution in [3.05, 3.63) is 44.9 Å². The van der Waals surface area contributed by atoms with Gasteiger partial charge in [-0.3, -0.25) is 4.79 Å². The van der Waals surface area contributed by atoms with Gasteiger partial charge in [0.25, 0.3) is 0 Å². The summed E-state index contributed by atoms with van der Waals surface area (Å²) in [4.78, 5) is 12.0. The van der Waals surface area contributed by atoms with Crippen LogP contribution in [-0.2, 0) is 0 Å². The maximum atomic E-state index is 12.0. The third-order valence-corrected chi connectivity index (χ3v) is 3.13. The molecule has 0 N–H and O–H groups in total. The molecule has 1 aromatic rings. The summed E-state index contributed by atoms with van der Waals surface area (Å²) in [6.45, 7) is 0. The summed E-state index contributed by atoms with van der Waals surface area (Å²) in [6, 6.07) is 5.31. The van der Waals surface area contributed by atoms with Gasteiger partial charge < -0.3 is 0 Å². The first-order chi connectivity index (χ1) is 7.16. The fourth-order valence-corrected chi connectivity index (χ4v) is 2.61. The minimum Gasteiger partial charge on any atom is -0.289 e. The van der Waals surface area contributed by atoms with Crippen molar-refractivity contribution in [3.8, 4) is 0 Å². The summed E-state index contributed by atoms with van der Waals surface area (Å²) >= 11 is 9.23. The minimum atomic E-state index is 0.107. The molecule has 3 heteroatoms. The molecule has 0 spiro atoms. The highest BCUT2D eigenvalue weighted by molar-refractivity contribution is 9.10. The summed E-state index contributed by atoms with van der Waals surface area (Å²) in [6.07, 6.45) is 5.02. The molecule has 1 aliphatic carbocycles. The molecule has 0 unspecified atom stereocenters. The molecule has 1 aliphatic rings. The predicted octanol–water partition coefficient (Wildman–Crippen LogP) is 4.40. The van der Waals surface area contributed by atoms with E-state index in [1.54, 1.807) is 12.1 Å². The number of hydrogen-bond acceptors (Lipinski definition) is 1. The lowest BCUT2D eigenvalue weighted by atomic mass is 10.0. The van der Waals surface area contributed by atoms with E-state index in [1.807, 2.05) is 12.1 Å². The van der Waals surface area contributed by atoms with E-state index in [9.17, 15) is 4.79 Å². The molecule has 15 heavy (non-hydrogen) atoms. The molecule has 0 fully saturated rings. The number of ketones is 1. The van der Waals surface area contributed by atoms with Crippen LogP contribution in [0.25, 0.3) is 0 Å². The minimum absolute atomic E-state index is 0.107. The lowest BCUT2D eigenvalue weighted by Gasteiger charge is -2.03. The molecule has 2 rings (SSSR count). The molecule has 0 aromatic heterocycles.